The second-order valence-electron chi connectivity index (χ2n) is 12.8. The van der Waals surface area contributed by atoms with Crippen LogP contribution in [0.4, 0.5) is 18.0 Å². The number of nitrogens with zero attached hydrogens (tertiary/aromatic N) is 2. The van der Waals surface area contributed by atoms with Gasteiger partial charge in [0.2, 0.25) is 10.0 Å². The molecule has 16 heteroatoms. The molecule has 2 fully saturated rings. The molecule has 5 rings (SSSR count). The number of hydrogen-bond acceptors (Lipinski definition) is 9. The highest BCUT2D eigenvalue weighted by Gasteiger charge is 2.44. The molecule has 0 radical (unpaired) electrons. The quantitative estimate of drug-likeness (QED) is 0.190. The van der Waals surface area contributed by atoms with E-state index in [1.807, 2.05) is 44.2 Å². The highest BCUT2D eigenvalue weighted by Crippen LogP contribution is 2.34. The molecule has 2 aromatic carbocycles. The number of rotatable bonds is 13. The first kappa shape index (κ1) is 36.6. The van der Waals surface area contributed by atoms with E-state index in [1.54, 1.807) is 0 Å². The van der Waals surface area contributed by atoms with Crippen LogP contribution >= 0.6 is 0 Å². The van der Waals surface area contributed by atoms with Crippen molar-refractivity contribution in [3.8, 4) is 5.88 Å². The molecule has 2 unspecified atom stereocenters. The Morgan fingerprint density at radius 1 is 1.16 bits per heavy atom. The van der Waals surface area contributed by atoms with E-state index in [1.165, 1.54) is 25.1 Å². The van der Waals surface area contributed by atoms with Crippen LogP contribution in [0.25, 0.3) is 10.9 Å². The smallest absolute Gasteiger partial charge is 0.407 e. The van der Waals surface area contributed by atoms with Crippen molar-refractivity contribution in [2.45, 2.75) is 69.2 Å². The monoisotopic (exact) mass is 710 g/mol. The van der Waals surface area contributed by atoms with E-state index < -0.39 is 65.8 Å². The number of ether oxygens (including phenoxy) is 3. The lowest BCUT2D eigenvalue weighted by Crippen LogP contribution is -2.51. The van der Waals surface area contributed by atoms with Gasteiger partial charge in [0.15, 0.2) is 12.2 Å². The van der Waals surface area contributed by atoms with Crippen LogP contribution in [-0.4, -0.2) is 103 Å². The molecule has 5 atom stereocenters. The van der Waals surface area contributed by atoms with Gasteiger partial charge in [-0.2, -0.15) is 17.5 Å². The lowest BCUT2D eigenvalue weighted by molar-refractivity contribution is -0.118. The number of aliphatic imine (C=N–C) groups is 1. The van der Waals surface area contributed by atoms with Crippen molar-refractivity contribution >= 4 is 32.7 Å². The summed E-state index contributed by atoms with van der Waals surface area (Å²) < 4.78 is 84.7. The highest BCUT2D eigenvalue weighted by atomic mass is 32.2. The number of sulfonamides is 1. The van der Waals surface area contributed by atoms with Gasteiger partial charge in [0.05, 0.1) is 41.7 Å². The van der Waals surface area contributed by atoms with Gasteiger partial charge in [-0.3, -0.25) is 4.99 Å². The number of carbonyl (C=O) groups is 1. The number of hydrogen-bond donors (Lipinski definition) is 4. The van der Waals surface area contributed by atoms with Crippen molar-refractivity contribution in [3.05, 3.63) is 59.7 Å². The van der Waals surface area contributed by atoms with Crippen LogP contribution < -0.4 is 5.32 Å². The Kier molecular flexibility index (Phi) is 11.2. The maximum Gasteiger partial charge on any atom is 0.407 e. The number of aromatic amines is 1. The minimum atomic E-state index is -4.57. The third kappa shape index (κ3) is 8.91. The summed E-state index contributed by atoms with van der Waals surface area (Å²) in [6.07, 6.45) is -6.87. The normalized spacial score (nSPS) is 21.3. The van der Waals surface area contributed by atoms with Gasteiger partial charge >= 0.3 is 12.3 Å². The van der Waals surface area contributed by atoms with Crippen LogP contribution in [0.3, 0.4) is 0 Å². The number of alkyl carbamates (subject to hydrolysis) is 1. The number of alkyl halides is 3. The molecule has 49 heavy (non-hydrogen) atoms. The number of benzene rings is 2. The second kappa shape index (κ2) is 15.0. The minimum Gasteiger partial charge on any atom is -0.494 e. The molecule has 2 aliphatic heterocycles. The van der Waals surface area contributed by atoms with Gasteiger partial charge in [0.25, 0.3) is 0 Å². The molecule has 0 aliphatic carbocycles. The molecular formula is C33H41F3N4O8S. The summed E-state index contributed by atoms with van der Waals surface area (Å²) in [6.45, 7) is 3.70. The zero-order valence-corrected chi connectivity index (χ0v) is 28.1. The highest BCUT2D eigenvalue weighted by molar-refractivity contribution is 7.89. The van der Waals surface area contributed by atoms with Gasteiger partial charge in [0.1, 0.15) is 12.6 Å². The number of halogens is 3. The van der Waals surface area contributed by atoms with Gasteiger partial charge in [-0.25, -0.2) is 13.2 Å². The first-order chi connectivity index (χ1) is 23.1. The first-order valence-corrected chi connectivity index (χ1v) is 17.4. The number of fused-ring (bicyclic) bond motifs is 2. The zero-order chi connectivity index (χ0) is 35.5. The lowest BCUT2D eigenvalue weighted by Gasteiger charge is -2.31. The molecule has 0 spiro atoms. The number of nitrogens with one attached hydrogen (secondary N) is 2. The summed E-state index contributed by atoms with van der Waals surface area (Å²) in [5.74, 6) is -0.734. The second-order valence-corrected chi connectivity index (χ2v) is 14.7. The number of amides is 1. The average molecular weight is 711 g/mol. The number of H-pyrrole nitrogens is 1. The largest absolute Gasteiger partial charge is 0.494 e. The zero-order valence-electron chi connectivity index (χ0n) is 27.3. The van der Waals surface area contributed by atoms with Crippen molar-refractivity contribution in [2.24, 2.45) is 16.8 Å². The van der Waals surface area contributed by atoms with Crippen LogP contribution in [0, 0.1) is 11.8 Å². The fourth-order valence-electron chi connectivity index (χ4n) is 6.16. The molecule has 2 saturated heterocycles. The molecule has 1 amide bonds. The van der Waals surface area contributed by atoms with Crippen LogP contribution in [0.15, 0.2) is 58.4 Å². The van der Waals surface area contributed by atoms with Gasteiger partial charge in [0, 0.05) is 29.7 Å². The number of carbonyl (C=O) groups excluding carboxylic acids is 1. The van der Waals surface area contributed by atoms with Gasteiger partial charge in [-0.15, -0.1) is 0 Å². The minimum absolute atomic E-state index is 0.000270. The average Bonchev–Trinajstić information content (AvgIpc) is 3.74. The van der Waals surface area contributed by atoms with Crippen molar-refractivity contribution in [1.29, 1.82) is 0 Å². The summed E-state index contributed by atoms with van der Waals surface area (Å²) in [5, 5.41) is 25.0. The molecule has 4 N–H and O–H groups in total. The molecule has 1 aromatic heterocycles. The predicted octanol–water partition coefficient (Wildman–Crippen LogP) is 4.35. The Bertz CT molecular complexity index is 1750. The summed E-state index contributed by atoms with van der Waals surface area (Å²) in [6, 6.07) is 12.1. The third-order valence-corrected chi connectivity index (χ3v) is 10.3. The van der Waals surface area contributed by atoms with Crippen LogP contribution in [-0.2, 0) is 30.7 Å². The van der Waals surface area contributed by atoms with Crippen LogP contribution in [0.2, 0.25) is 0 Å². The molecule has 0 bridgehead atoms. The summed E-state index contributed by atoms with van der Waals surface area (Å²) >= 11 is 0. The number of aromatic nitrogens is 1. The van der Waals surface area contributed by atoms with E-state index in [2.05, 4.69) is 15.3 Å². The molecular weight excluding hydrogens is 669 g/mol. The van der Waals surface area contributed by atoms with E-state index in [0.29, 0.717) is 13.0 Å². The van der Waals surface area contributed by atoms with Crippen molar-refractivity contribution in [3.63, 3.8) is 0 Å². The SMILES string of the molecule is CC(=NCC(F)(F)F)c1c(O)[nH]c2ccc(S(=O)(=O)N(CC(C)C)C[C@@H](O)[C@H](Cc3ccccc3)NC(=O)O[C@H]3COC4OCCC43)cc12. The van der Waals surface area contributed by atoms with E-state index >= 15 is 0 Å². The molecule has 2 aliphatic rings. The third-order valence-electron chi connectivity index (χ3n) is 8.51. The Labute approximate surface area is 282 Å². The van der Waals surface area contributed by atoms with Gasteiger partial charge in [-0.05, 0) is 49.4 Å². The van der Waals surface area contributed by atoms with Gasteiger partial charge in [-0.1, -0.05) is 44.2 Å². The predicted molar refractivity (Wildman–Crippen MR) is 174 cm³/mol. The van der Waals surface area contributed by atoms with Crippen LogP contribution in [0.5, 0.6) is 5.88 Å². The fourth-order valence-corrected chi connectivity index (χ4v) is 7.80. The topological polar surface area (TPSA) is 163 Å². The van der Waals surface area contributed by atoms with Crippen molar-refractivity contribution < 1.29 is 50.8 Å². The number of aliphatic hydroxyl groups excluding tert-OH is 1. The molecule has 268 valence electrons. The summed E-state index contributed by atoms with van der Waals surface area (Å²) in [4.78, 5) is 19.1. The number of aromatic hydroxyl groups is 1. The molecule has 3 aromatic rings. The Morgan fingerprint density at radius 3 is 2.59 bits per heavy atom. The summed E-state index contributed by atoms with van der Waals surface area (Å²) in [7, 11) is -4.33. The van der Waals surface area contributed by atoms with E-state index in [9.17, 15) is 36.6 Å². The maximum absolute atomic E-state index is 14.2. The first-order valence-electron chi connectivity index (χ1n) is 16.0. The Morgan fingerprint density at radius 2 is 1.90 bits per heavy atom. The Hall–Kier alpha value is -3.70. The number of aliphatic hydroxyl groups is 1. The molecule has 3 heterocycles. The summed E-state index contributed by atoms with van der Waals surface area (Å²) in [5.41, 5.74) is 0.885. The molecule has 12 nitrogen and oxygen atoms in total. The standard InChI is InChI=1S/C33H41F3N4O8S/c1-19(2)15-40(49(44,45)22-9-10-25-24(14-22)29(30(42)38-25)20(3)37-18-33(34,35)36)16-27(41)26(13-21-7-5-4-6-8-21)39-32(43)48-28-17-47-31-23(28)11-12-46-31/h4-10,14,19,23,26-28,31,38,41-42H,11-13,15-18H2,1-3H3,(H,39,43)/t23?,26-,27+,28-,31?/m0/s1. The lowest BCUT2D eigenvalue weighted by atomic mass is 10.0. The maximum atomic E-state index is 14.2. The fraction of sp³-hybridized carbons (Fsp3) is 0.515. The van der Waals surface area contributed by atoms with Crippen LogP contribution in [0.1, 0.15) is 38.3 Å². The molecule has 0 saturated carbocycles. The van der Waals surface area contributed by atoms with Crippen molar-refractivity contribution in [2.75, 3.05) is 32.8 Å². The van der Waals surface area contributed by atoms with E-state index in [4.69, 9.17) is 14.2 Å². The van der Waals surface area contributed by atoms with E-state index in [-0.39, 0.29) is 58.5 Å². The van der Waals surface area contributed by atoms with E-state index in [0.717, 1.165) is 9.87 Å². The Balaban J connectivity index is 1.40. The van der Waals surface area contributed by atoms with Gasteiger partial charge < -0.3 is 34.7 Å². The van der Waals surface area contributed by atoms with Crippen molar-refractivity contribution in [1.82, 2.24) is 14.6 Å².